The molecule has 112 valence electrons. The zero-order chi connectivity index (χ0) is 15.0. The summed E-state index contributed by atoms with van der Waals surface area (Å²) < 4.78 is 28.5. The van der Waals surface area contributed by atoms with Gasteiger partial charge in [0.15, 0.2) is 0 Å². The van der Waals surface area contributed by atoms with Gasteiger partial charge in [-0.2, -0.15) is 0 Å². The highest BCUT2D eigenvalue weighted by Crippen LogP contribution is 2.17. The first kappa shape index (κ1) is 16.4. The summed E-state index contributed by atoms with van der Waals surface area (Å²) in [7, 11) is 0. The largest absolute Gasteiger partial charge is 0.399 e. The molecule has 0 heterocycles. The van der Waals surface area contributed by atoms with E-state index < -0.39 is 13.0 Å². The van der Waals surface area contributed by atoms with Crippen LogP contribution in [-0.4, -0.2) is 32.1 Å². The number of halogens is 2. The molecule has 0 unspecified atom stereocenters. The molecule has 0 aromatic heterocycles. The van der Waals surface area contributed by atoms with Crippen LogP contribution in [0.1, 0.15) is 19.8 Å². The maximum absolute atomic E-state index is 12.1. The molecule has 4 nitrogen and oxygen atoms in total. The van der Waals surface area contributed by atoms with Crippen LogP contribution in [0.2, 0.25) is 0 Å². The molecule has 0 aliphatic rings. The van der Waals surface area contributed by atoms with Crippen LogP contribution in [0.5, 0.6) is 0 Å². The lowest BCUT2D eigenvalue weighted by Gasteiger charge is -2.22. The van der Waals surface area contributed by atoms with E-state index >= 15 is 0 Å². The van der Waals surface area contributed by atoms with Crippen LogP contribution in [0.25, 0.3) is 0 Å². The van der Waals surface area contributed by atoms with Gasteiger partial charge in [0.05, 0.1) is 13.0 Å². The van der Waals surface area contributed by atoms with Gasteiger partial charge in [-0.25, -0.2) is 8.78 Å². The van der Waals surface area contributed by atoms with Crippen molar-refractivity contribution in [2.75, 3.05) is 30.4 Å². The van der Waals surface area contributed by atoms with Gasteiger partial charge in [-0.3, -0.25) is 4.79 Å². The van der Waals surface area contributed by atoms with Crippen LogP contribution in [0, 0.1) is 0 Å². The van der Waals surface area contributed by atoms with Crippen LogP contribution in [0.3, 0.4) is 0 Å². The molecule has 0 aliphatic heterocycles. The van der Waals surface area contributed by atoms with Gasteiger partial charge in [0.25, 0.3) is 6.43 Å². The highest BCUT2D eigenvalue weighted by Gasteiger charge is 2.15. The first-order valence-electron chi connectivity index (χ1n) is 6.56. The molecule has 1 aromatic rings. The molecular weight excluding hydrogens is 266 g/mol. The van der Waals surface area contributed by atoms with Gasteiger partial charge < -0.3 is 15.4 Å². The minimum atomic E-state index is -2.51. The number of amides is 1. The third-order valence-electron chi connectivity index (χ3n) is 2.66. The fourth-order valence-electron chi connectivity index (χ4n) is 1.74. The van der Waals surface area contributed by atoms with Crippen LogP contribution in [-0.2, 0) is 9.53 Å². The molecule has 0 fully saturated rings. The molecule has 0 saturated heterocycles. The number of hydrogen-bond acceptors (Lipinski definition) is 3. The number of anilines is 2. The van der Waals surface area contributed by atoms with E-state index in [0.717, 1.165) is 12.1 Å². The van der Waals surface area contributed by atoms with E-state index in [1.807, 2.05) is 6.92 Å². The van der Waals surface area contributed by atoms with E-state index in [9.17, 15) is 13.6 Å². The molecule has 1 amide bonds. The summed E-state index contributed by atoms with van der Waals surface area (Å²) in [5.74, 6) is -0.147. The van der Waals surface area contributed by atoms with Crippen molar-refractivity contribution in [2.45, 2.75) is 26.2 Å². The minimum Gasteiger partial charge on any atom is -0.399 e. The van der Waals surface area contributed by atoms with Crippen LogP contribution in [0.4, 0.5) is 20.2 Å². The molecule has 0 bridgehead atoms. The molecule has 0 atom stereocenters. The van der Waals surface area contributed by atoms with Gasteiger partial charge in [-0.15, -0.1) is 0 Å². The van der Waals surface area contributed by atoms with E-state index in [-0.39, 0.29) is 18.9 Å². The number of rotatable bonds is 8. The summed E-state index contributed by atoms with van der Waals surface area (Å²) in [4.78, 5) is 13.7. The summed E-state index contributed by atoms with van der Waals surface area (Å²) in [6, 6.07) is 6.98. The molecule has 6 heteroatoms. The van der Waals surface area contributed by atoms with Crippen LogP contribution >= 0.6 is 0 Å². The van der Waals surface area contributed by atoms with Gasteiger partial charge >= 0.3 is 0 Å². The molecule has 0 aliphatic carbocycles. The molecule has 0 saturated carbocycles. The Bertz CT molecular complexity index is 410. The predicted molar refractivity (Wildman–Crippen MR) is 74.9 cm³/mol. The highest BCUT2D eigenvalue weighted by molar-refractivity contribution is 5.93. The quantitative estimate of drug-likeness (QED) is 0.590. The van der Waals surface area contributed by atoms with Gasteiger partial charge in [0.1, 0.15) is 6.61 Å². The fraction of sp³-hybridized carbons (Fsp3) is 0.500. The molecule has 1 aromatic carbocycles. The first-order valence-corrected chi connectivity index (χ1v) is 6.56. The molecule has 0 radical (unpaired) electrons. The Kier molecular flexibility index (Phi) is 6.93. The number of benzene rings is 1. The third-order valence-corrected chi connectivity index (χ3v) is 2.66. The van der Waals surface area contributed by atoms with E-state index in [1.165, 1.54) is 0 Å². The van der Waals surface area contributed by atoms with Gasteiger partial charge in [-0.05, 0) is 30.7 Å². The summed E-state index contributed by atoms with van der Waals surface area (Å²) in [5, 5.41) is 0. The topological polar surface area (TPSA) is 55.6 Å². The Hall–Kier alpha value is -1.69. The summed E-state index contributed by atoms with van der Waals surface area (Å²) in [5.41, 5.74) is 6.98. The SMILES string of the molecule is CCCN(C(=O)CCOCC(F)F)c1ccc(N)cc1. The standard InChI is InChI=1S/C14H20F2N2O2/c1-2-8-18(12-5-3-11(17)4-6-12)14(19)7-9-20-10-13(15)16/h3-6,13H,2,7-10,17H2,1H3. The lowest BCUT2D eigenvalue weighted by atomic mass is 10.2. The third kappa shape index (κ3) is 5.52. The van der Waals surface area contributed by atoms with E-state index in [0.29, 0.717) is 12.2 Å². The second-order valence-electron chi connectivity index (χ2n) is 4.35. The Morgan fingerprint density at radius 1 is 1.35 bits per heavy atom. The average Bonchev–Trinajstić information content (AvgIpc) is 2.42. The van der Waals surface area contributed by atoms with Gasteiger partial charge in [-0.1, -0.05) is 6.92 Å². The number of carbonyl (C=O) groups is 1. The maximum atomic E-state index is 12.1. The second kappa shape index (κ2) is 8.47. The zero-order valence-corrected chi connectivity index (χ0v) is 11.5. The molecule has 1 rings (SSSR count). The smallest absolute Gasteiger partial charge is 0.261 e. The lowest BCUT2D eigenvalue weighted by Crippen LogP contribution is -2.32. The number of nitrogens with two attached hydrogens (primary N) is 1. The fourth-order valence-corrected chi connectivity index (χ4v) is 1.74. The minimum absolute atomic E-state index is 0.00163. The van der Waals surface area contributed by atoms with Crippen molar-refractivity contribution in [1.29, 1.82) is 0 Å². The molecule has 2 N–H and O–H groups in total. The molecular formula is C14H20F2N2O2. The van der Waals surface area contributed by atoms with E-state index in [2.05, 4.69) is 0 Å². The Labute approximate surface area is 117 Å². The Balaban J connectivity index is 2.56. The summed E-state index contributed by atoms with van der Waals surface area (Å²) in [6.07, 6.45) is -1.63. The Morgan fingerprint density at radius 2 is 2.00 bits per heavy atom. The van der Waals surface area contributed by atoms with E-state index in [4.69, 9.17) is 10.5 Å². The highest BCUT2D eigenvalue weighted by atomic mass is 19.3. The van der Waals surface area contributed by atoms with Gasteiger partial charge in [0, 0.05) is 17.9 Å². The first-order chi connectivity index (χ1) is 9.54. The van der Waals surface area contributed by atoms with Crippen molar-refractivity contribution in [3.63, 3.8) is 0 Å². The summed E-state index contributed by atoms with van der Waals surface area (Å²) in [6.45, 7) is 1.89. The number of alkyl halides is 2. The Morgan fingerprint density at radius 3 is 2.55 bits per heavy atom. The van der Waals surface area contributed by atoms with Crippen molar-refractivity contribution in [1.82, 2.24) is 0 Å². The lowest BCUT2D eigenvalue weighted by molar-refractivity contribution is -0.120. The summed E-state index contributed by atoms with van der Waals surface area (Å²) >= 11 is 0. The number of hydrogen-bond donors (Lipinski definition) is 1. The predicted octanol–water partition coefficient (Wildman–Crippen LogP) is 2.68. The second-order valence-corrected chi connectivity index (χ2v) is 4.35. The molecule has 0 spiro atoms. The maximum Gasteiger partial charge on any atom is 0.261 e. The average molecular weight is 286 g/mol. The van der Waals surface area contributed by atoms with Crippen molar-refractivity contribution in [3.05, 3.63) is 24.3 Å². The monoisotopic (exact) mass is 286 g/mol. The normalized spacial score (nSPS) is 10.8. The molecule has 20 heavy (non-hydrogen) atoms. The number of carbonyl (C=O) groups excluding carboxylic acids is 1. The number of ether oxygens (including phenoxy) is 1. The van der Waals surface area contributed by atoms with Crippen molar-refractivity contribution in [3.8, 4) is 0 Å². The van der Waals surface area contributed by atoms with Crippen molar-refractivity contribution < 1.29 is 18.3 Å². The zero-order valence-electron chi connectivity index (χ0n) is 11.5. The van der Waals surface area contributed by atoms with Gasteiger partial charge in [0.2, 0.25) is 5.91 Å². The van der Waals surface area contributed by atoms with Crippen molar-refractivity contribution >= 4 is 17.3 Å². The number of nitrogens with zero attached hydrogens (tertiary/aromatic N) is 1. The number of nitrogen functional groups attached to an aromatic ring is 1. The van der Waals surface area contributed by atoms with Crippen LogP contribution in [0.15, 0.2) is 24.3 Å². The van der Waals surface area contributed by atoms with Crippen LogP contribution < -0.4 is 10.6 Å². The van der Waals surface area contributed by atoms with E-state index in [1.54, 1.807) is 29.2 Å². The van der Waals surface area contributed by atoms with Crippen molar-refractivity contribution in [2.24, 2.45) is 0 Å².